The first kappa shape index (κ1) is 21.4. The lowest BCUT2D eigenvalue weighted by Gasteiger charge is -2.09. The smallest absolute Gasteiger partial charge is 0.207 e. The molecule has 5 rings (SSSR count). The first-order valence-corrected chi connectivity index (χ1v) is 11.5. The molecule has 0 aliphatic carbocycles. The van der Waals surface area contributed by atoms with Gasteiger partial charge in [0.2, 0.25) is 5.78 Å². The number of hydrogen-bond donors (Lipinski definition) is 0. The summed E-state index contributed by atoms with van der Waals surface area (Å²) in [7, 11) is 1.63. The number of aromatic nitrogens is 3. The molecule has 0 N–H and O–H groups in total. The SMILES string of the molecule is COc1ccc2c(c1)c(C(=O)c1cc(-c3ccccn3)ns1)c(C)n2Cc1ccc(Cl)cc1. The van der Waals surface area contributed by atoms with Gasteiger partial charge in [-0.05, 0) is 72.6 Å². The van der Waals surface area contributed by atoms with Gasteiger partial charge in [-0.15, -0.1) is 0 Å². The van der Waals surface area contributed by atoms with Gasteiger partial charge in [0, 0.05) is 34.4 Å². The summed E-state index contributed by atoms with van der Waals surface area (Å²) in [5, 5.41) is 1.56. The minimum absolute atomic E-state index is 0.0553. The third kappa shape index (κ3) is 4.03. The monoisotopic (exact) mass is 473 g/mol. The van der Waals surface area contributed by atoms with E-state index < -0.39 is 0 Å². The second-order valence-corrected chi connectivity index (χ2v) is 8.92. The minimum atomic E-state index is -0.0553. The van der Waals surface area contributed by atoms with Crippen LogP contribution in [0, 0.1) is 6.92 Å². The molecule has 0 saturated carbocycles. The Hall–Kier alpha value is -3.48. The van der Waals surface area contributed by atoms with Crippen LogP contribution in [0.25, 0.3) is 22.3 Å². The Morgan fingerprint density at radius 2 is 1.88 bits per heavy atom. The summed E-state index contributed by atoms with van der Waals surface area (Å²) in [5.41, 5.74) is 5.08. The summed E-state index contributed by atoms with van der Waals surface area (Å²) in [6.07, 6.45) is 1.72. The summed E-state index contributed by atoms with van der Waals surface area (Å²) in [4.78, 5) is 18.6. The number of ether oxygens (including phenoxy) is 1. The molecule has 3 heterocycles. The Bertz CT molecular complexity index is 1460. The van der Waals surface area contributed by atoms with E-state index >= 15 is 0 Å². The Morgan fingerprint density at radius 3 is 2.61 bits per heavy atom. The summed E-state index contributed by atoms with van der Waals surface area (Å²) >= 11 is 7.25. The third-order valence-electron chi connectivity index (χ3n) is 5.67. The molecule has 5 nitrogen and oxygen atoms in total. The Balaban J connectivity index is 1.61. The number of nitrogens with zero attached hydrogens (tertiary/aromatic N) is 3. The second-order valence-electron chi connectivity index (χ2n) is 7.68. The van der Waals surface area contributed by atoms with Crippen molar-refractivity contribution in [3.8, 4) is 17.1 Å². The number of ketones is 1. The summed E-state index contributed by atoms with van der Waals surface area (Å²) in [6.45, 7) is 2.61. The lowest BCUT2D eigenvalue weighted by Crippen LogP contribution is -2.05. The van der Waals surface area contributed by atoms with Crippen LogP contribution in [-0.4, -0.2) is 26.8 Å². The zero-order valence-corrected chi connectivity index (χ0v) is 19.7. The molecule has 0 fully saturated rings. The molecule has 0 spiro atoms. The van der Waals surface area contributed by atoms with Crippen LogP contribution in [0.5, 0.6) is 5.75 Å². The lowest BCUT2D eigenvalue weighted by molar-refractivity contribution is 0.104. The maximum absolute atomic E-state index is 13.7. The van der Waals surface area contributed by atoms with Crippen molar-refractivity contribution >= 4 is 39.8 Å². The quantitative estimate of drug-likeness (QED) is 0.267. The molecule has 33 heavy (non-hydrogen) atoms. The molecule has 164 valence electrons. The number of carbonyl (C=O) groups excluding carboxylic acids is 1. The van der Waals surface area contributed by atoms with Crippen LogP contribution in [0.2, 0.25) is 5.02 Å². The Morgan fingerprint density at radius 1 is 1.06 bits per heavy atom. The predicted octanol–water partition coefficient (Wildman–Crippen LogP) is 6.41. The maximum Gasteiger partial charge on any atom is 0.207 e. The van der Waals surface area contributed by atoms with Crippen molar-refractivity contribution < 1.29 is 9.53 Å². The van der Waals surface area contributed by atoms with E-state index in [1.165, 1.54) is 11.5 Å². The number of pyridine rings is 1. The number of hydrogen-bond acceptors (Lipinski definition) is 5. The molecule has 0 aliphatic rings. The molecule has 0 radical (unpaired) electrons. The fraction of sp³-hybridized carbons (Fsp3) is 0.115. The van der Waals surface area contributed by atoms with Crippen molar-refractivity contribution in [3.05, 3.63) is 99.6 Å². The van der Waals surface area contributed by atoms with Crippen LogP contribution in [0.15, 0.2) is 72.9 Å². The van der Waals surface area contributed by atoms with Crippen molar-refractivity contribution in [3.63, 3.8) is 0 Å². The molecule has 7 heteroatoms. The highest BCUT2D eigenvalue weighted by molar-refractivity contribution is 7.08. The number of carbonyl (C=O) groups is 1. The van der Waals surface area contributed by atoms with Crippen molar-refractivity contribution in [2.75, 3.05) is 7.11 Å². The zero-order valence-electron chi connectivity index (χ0n) is 18.1. The van der Waals surface area contributed by atoms with Gasteiger partial charge in [0.25, 0.3) is 0 Å². The molecular formula is C26H20ClN3O2S. The van der Waals surface area contributed by atoms with E-state index in [1.807, 2.05) is 73.7 Å². The molecule has 3 aromatic heterocycles. The minimum Gasteiger partial charge on any atom is -0.497 e. The molecular weight excluding hydrogens is 454 g/mol. The van der Waals surface area contributed by atoms with E-state index in [9.17, 15) is 4.79 Å². The zero-order chi connectivity index (χ0) is 22.9. The van der Waals surface area contributed by atoms with Gasteiger partial charge in [0.1, 0.15) is 11.4 Å². The van der Waals surface area contributed by atoms with E-state index in [4.69, 9.17) is 16.3 Å². The first-order valence-electron chi connectivity index (χ1n) is 10.4. The number of halogens is 1. The van der Waals surface area contributed by atoms with Crippen molar-refractivity contribution in [2.45, 2.75) is 13.5 Å². The molecule has 0 atom stereocenters. The van der Waals surface area contributed by atoms with Gasteiger partial charge in [-0.25, -0.2) is 0 Å². The van der Waals surface area contributed by atoms with Crippen molar-refractivity contribution in [1.82, 2.24) is 13.9 Å². The van der Waals surface area contributed by atoms with Crippen LogP contribution in [0.3, 0.4) is 0 Å². The summed E-state index contributed by atoms with van der Waals surface area (Å²) in [5.74, 6) is 0.652. The van der Waals surface area contributed by atoms with E-state index in [2.05, 4.69) is 13.9 Å². The molecule has 0 unspecified atom stereocenters. The van der Waals surface area contributed by atoms with Crippen molar-refractivity contribution in [2.24, 2.45) is 0 Å². The van der Waals surface area contributed by atoms with Gasteiger partial charge in [0.05, 0.1) is 23.2 Å². The Labute approximate surface area is 200 Å². The average Bonchev–Trinajstić information content (AvgIpc) is 3.44. The van der Waals surface area contributed by atoms with Crippen LogP contribution in [-0.2, 0) is 6.54 Å². The maximum atomic E-state index is 13.7. The highest BCUT2D eigenvalue weighted by Gasteiger charge is 2.24. The van der Waals surface area contributed by atoms with Gasteiger partial charge < -0.3 is 9.30 Å². The standard InChI is InChI=1S/C26H20ClN3O2S/c1-16-25(26(31)24-14-22(29-33-24)21-5-3-4-12-28-21)20-13-19(32-2)10-11-23(20)30(16)15-17-6-8-18(27)9-7-17/h3-14H,15H2,1-2H3. The number of fused-ring (bicyclic) bond motifs is 1. The fourth-order valence-electron chi connectivity index (χ4n) is 3.99. The van der Waals surface area contributed by atoms with E-state index in [0.717, 1.165) is 27.9 Å². The first-order chi connectivity index (χ1) is 16.0. The van der Waals surface area contributed by atoms with Crippen LogP contribution in [0.1, 0.15) is 26.5 Å². The fourth-order valence-corrected chi connectivity index (χ4v) is 4.81. The van der Waals surface area contributed by atoms with Crippen LogP contribution in [0.4, 0.5) is 0 Å². The topological polar surface area (TPSA) is 57.0 Å². The van der Waals surface area contributed by atoms with Gasteiger partial charge in [-0.3, -0.25) is 9.78 Å². The van der Waals surface area contributed by atoms with Gasteiger partial charge in [0.15, 0.2) is 0 Å². The second kappa shape index (κ2) is 8.81. The summed E-state index contributed by atoms with van der Waals surface area (Å²) in [6, 6.07) is 21.1. The number of methoxy groups -OCH3 is 1. The van der Waals surface area contributed by atoms with Crippen molar-refractivity contribution in [1.29, 1.82) is 0 Å². The highest BCUT2D eigenvalue weighted by atomic mass is 35.5. The number of benzene rings is 2. The molecule has 0 aliphatic heterocycles. The third-order valence-corrected chi connectivity index (χ3v) is 6.71. The van der Waals surface area contributed by atoms with Crippen LogP contribution < -0.4 is 4.74 Å². The van der Waals surface area contributed by atoms with E-state index in [-0.39, 0.29) is 5.78 Å². The van der Waals surface area contributed by atoms with Gasteiger partial charge in [-0.2, -0.15) is 4.37 Å². The molecule has 0 amide bonds. The largest absolute Gasteiger partial charge is 0.497 e. The van der Waals surface area contributed by atoms with E-state index in [1.54, 1.807) is 13.3 Å². The van der Waals surface area contributed by atoms with Crippen LogP contribution >= 0.6 is 23.1 Å². The normalized spacial score (nSPS) is 11.1. The predicted molar refractivity (Wildman–Crippen MR) is 133 cm³/mol. The lowest BCUT2D eigenvalue weighted by atomic mass is 10.0. The number of rotatable bonds is 6. The summed E-state index contributed by atoms with van der Waals surface area (Å²) < 4.78 is 12.1. The van der Waals surface area contributed by atoms with Gasteiger partial charge in [-0.1, -0.05) is 29.8 Å². The average molecular weight is 474 g/mol. The van der Waals surface area contributed by atoms with Gasteiger partial charge >= 0.3 is 0 Å². The molecule has 0 bridgehead atoms. The van der Waals surface area contributed by atoms with E-state index in [0.29, 0.717) is 33.5 Å². The highest BCUT2D eigenvalue weighted by Crippen LogP contribution is 2.33. The Kier molecular flexibility index (Phi) is 5.70. The molecule has 5 aromatic rings. The molecule has 0 saturated heterocycles. The molecule has 2 aromatic carbocycles.